The molecule has 2 fully saturated rings. The molecule has 0 aromatic rings. The van der Waals surface area contributed by atoms with E-state index in [4.69, 9.17) is 0 Å². The molecule has 4 heteroatoms. The number of ketones is 1. The first-order valence-corrected chi connectivity index (χ1v) is 7.62. The van der Waals surface area contributed by atoms with Crippen molar-refractivity contribution in [1.82, 2.24) is 9.80 Å². The smallest absolute Gasteiger partial charge is 0.227 e. The van der Waals surface area contributed by atoms with Crippen LogP contribution in [-0.2, 0) is 9.59 Å². The highest BCUT2D eigenvalue weighted by Crippen LogP contribution is 2.41. The zero-order valence-electron chi connectivity index (χ0n) is 13.7. The molecule has 0 spiro atoms. The third-order valence-electron chi connectivity index (χ3n) is 4.93. The predicted octanol–water partition coefficient (Wildman–Crippen LogP) is 2.08. The van der Waals surface area contributed by atoms with Gasteiger partial charge in [0.1, 0.15) is 5.78 Å². The second-order valence-electron chi connectivity index (χ2n) is 7.87. The summed E-state index contributed by atoms with van der Waals surface area (Å²) in [5.74, 6) is 0.691. The van der Waals surface area contributed by atoms with E-state index < -0.39 is 0 Å². The van der Waals surface area contributed by atoms with Gasteiger partial charge in [-0.3, -0.25) is 14.5 Å². The number of nitrogens with zero attached hydrogens (tertiary/aromatic N) is 2. The van der Waals surface area contributed by atoms with Gasteiger partial charge in [-0.2, -0.15) is 0 Å². The lowest BCUT2D eigenvalue weighted by Crippen LogP contribution is -2.68. The summed E-state index contributed by atoms with van der Waals surface area (Å²) >= 11 is 0. The van der Waals surface area contributed by atoms with Gasteiger partial charge in [0, 0.05) is 23.7 Å². The minimum atomic E-state index is -0.0583. The maximum Gasteiger partial charge on any atom is 0.227 e. The summed E-state index contributed by atoms with van der Waals surface area (Å²) < 4.78 is 0. The van der Waals surface area contributed by atoms with Crippen molar-refractivity contribution in [2.75, 3.05) is 13.1 Å². The Bertz CT molecular complexity index is 410. The van der Waals surface area contributed by atoms with Crippen LogP contribution in [0.2, 0.25) is 0 Å². The first-order valence-electron chi connectivity index (χ1n) is 7.62. The lowest BCUT2D eigenvalue weighted by Gasteiger charge is -2.58. The average Bonchev–Trinajstić information content (AvgIpc) is 2.29. The molecule has 2 aliphatic rings. The number of amides is 1. The number of piperidine rings is 1. The molecule has 4 nitrogen and oxygen atoms in total. The van der Waals surface area contributed by atoms with Crippen LogP contribution in [0.1, 0.15) is 54.4 Å². The second kappa shape index (κ2) is 4.83. The first-order chi connectivity index (χ1) is 9.04. The molecular weight excluding hydrogens is 252 g/mol. The minimum Gasteiger partial charge on any atom is -0.338 e. The zero-order valence-corrected chi connectivity index (χ0v) is 13.7. The molecular formula is C16H28N2O2. The van der Waals surface area contributed by atoms with Gasteiger partial charge in [0.25, 0.3) is 0 Å². The van der Waals surface area contributed by atoms with Crippen LogP contribution in [0.25, 0.3) is 0 Å². The highest BCUT2D eigenvalue weighted by atomic mass is 16.2. The molecule has 0 saturated carbocycles. The number of likely N-dealkylation sites (tertiary alicyclic amines) is 2. The fourth-order valence-electron chi connectivity index (χ4n) is 4.10. The zero-order chi connectivity index (χ0) is 15.3. The van der Waals surface area contributed by atoms with Crippen LogP contribution in [0, 0.1) is 5.92 Å². The molecule has 2 saturated heterocycles. The second-order valence-corrected chi connectivity index (χ2v) is 7.87. The number of β-lactam (4-membered cyclic amide) rings is 1. The van der Waals surface area contributed by atoms with E-state index in [0.717, 1.165) is 19.4 Å². The lowest BCUT2D eigenvalue weighted by atomic mass is 9.75. The molecule has 1 unspecified atom stereocenters. The van der Waals surface area contributed by atoms with Crippen molar-refractivity contribution in [3.8, 4) is 0 Å². The summed E-state index contributed by atoms with van der Waals surface area (Å²) in [5, 5.41) is 0. The highest BCUT2D eigenvalue weighted by molar-refractivity contribution is 5.84. The van der Waals surface area contributed by atoms with Gasteiger partial charge < -0.3 is 4.90 Å². The van der Waals surface area contributed by atoms with Crippen LogP contribution in [0.15, 0.2) is 0 Å². The molecule has 1 amide bonds. The van der Waals surface area contributed by atoms with E-state index in [1.165, 1.54) is 0 Å². The van der Waals surface area contributed by atoms with Gasteiger partial charge in [-0.15, -0.1) is 0 Å². The molecule has 20 heavy (non-hydrogen) atoms. The van der Waals surface area contributed by atoms with Crippen molar-refractivity contribution < 1.29 is 9.59 Å². The normalized spacial score (nSPS) is 30.2. The Morgan fingerprint density at radius 1 is 1.20 bits per heavy atom. The molecule has 2 heterocycles. The topological polar surface area (TPSA) is 40.6 Å². The van der Waals surface area contributed by atoms with Crippen LogP contribution >= 0.6 is 0 Å². The molecule has 1 atom stereocenters. The van der Waals surface area contributed by atoms with Crippen LogP contribution in [0.5, 0.6) is 0 Å². The summed E-state index contributed by atoms with van der Waals surface area (Å²) in [4.78, 5) is 27.9. The molecule has 0 aliphatic carbocycles. The highest BCUT2D eigenvalue weighted by Gasteiger charge is 2.50. The van der Waals surface area contributed by atoms with Crippen molar-refractivity contribution in [3.63, 3.8) is 0 Å². The number of hydrogen-bond donors (Lipinski definition) is 0. The van der Waals surface area contributed by atoms with E-state index in [1.54, 1.807) is 6.92 Å². The van der Waals surface area contributed by atoms with E-state index in [9.17, 15) is 9.59 Å². The van der Waals surface area contributed by atoms with Gasteiger partial charge >= 0.3 is 0 Å². The van der Waals surface area contributed by atoms with E-state index >= 15 is 0 Å². The number of hydrogen-bond acceptors (Lipinski definition) is 3. The fourth-order valence-corrected chi connectivity index (χ4v) is 4.10. The van der Waals surface area contributed by atoms with Crippen LogP contribution in [0.4, 0.5) is 0 Å². The fraction of sp³-hybridized carbons (Fsp3) is 0.875. The number of rotatable bonds is 3. The maximum atomic E-state index is 12.0. The molecule has 0 N–H and O–H groups in total. The summed E-state index contributed by atoms with van der Waals surface area (Å²) in [6.07, 6.45) is 1.89. The quantitative estimate of drug-likeness (QED) is 0.743. The SMILES string of the molecule is CC(=O)CN1C(C)(C)CC(N2CC(C)C2=O)CC1(C)C. The summed E-state index contributed by atoms with van der Waals surface area (Å²) in [7, 11) is 0. The Morgan fingerprint density at radius 2 is 1.70 bits per heavy atom. The van der Waals surface area contributed by atoms with Crippen molar-refractivity contribution in [1.29, 1.82) is 0 Å². The van der Waals surface area contributed by atoms with Gasteiger partial charge in [0.2, 0.25) is 5.91 Å². The number of carbonyl (C=O) groups excluding carboxylic acids is 2. The van der Waals surface area contributed by atoms with Gasteiger partial charge in [0.05, 0.1) is 12.5 Å². The Balaban J connectivity index is 2.17. The minimum absolute atomic E-state index is 0.0583. The van der Waals surface area contributed by atoms with E-state index in [-0.39, 0.29) is 22.8 Å². The Hall–Kier alpha value is -0.900. The Kier molecular flexibility index (Phi) is 3.74. The average molecular weight is 280 g/mol. The molecule has 0 aromatic heterocycles. The van der Waals surface area contributed by atoms with Crippen LogP contribution < -0.4 is 0 Å². The van der Waals surface area contributed by atoms with Crippen molar-refractivity contribution in [2.45, 2.75) is 71.5 Å². The molecule has 2 aliphatic heterocycles. The maximum absolute atomic E-state index is 12.0. The van der Waals surface area contributed by atoms with Crippen LogP contribution in [-0.4, -0.2) is 51.7 Å². The molecule has 2 rings (SSSR count). The van der Waals surface area contributed by atoms with Crippen molar-refractivity contribution in [2.24, 2.45) is 5.92 Å². The van der Waals surface area contributed by atoms with Gasteiger partial charge in [-0.1, -0.05) is 6.92 Å². The van der Waals surface area contributed by atoms with Gasteiger partial charge in [-0.25, -0.2) is 0 Å². The summed E-state index contributed by atoms with van der Waals surface area (Å²) in [6.45, 7) is 13.8. The molecule has 0 radical (unpaired) electrons. The van der Waals surface area contributed by atoms with E-state index in [1.807, 2.05) is 11.8 Å². The molecule has 114 valence electrons. The summed E-state index contributed by atoms with van der Waals surface area (Å²) in [5.41, 5.74) is -0.117. The number of carbonyl (C=O) groups is 2. The third-order valence-corrected chi connectivity index (χ3v) is 4.93. The van der Waals surface area contributed by atoms with Gasteiger partial charge in [0.15, 0.2) is 0 Å². The molecule has 0 bridgehead atoms. The first kappa shape index (κ1) is 15.5. The summed E-state index contributed by atoms with van der Waals surface area (Å²) in [6, 6.07) is 0.312. The largest absolute Gasteiger partial charge is 0.338 e. The van der Waals surface area contributed by atoms with E-state index in [2.05, 4.69) is 32.6 Å². The van der Waals surface area contributed by atoms with Crippen LogP contribution in [0.3, 0.4) is 0 Å². The molecule has 0 aromatic carbocycles. The van der Waals surface area contributed by atoms with Gasteiger partial charge in [-0.05, 0) is 47.5 Å². The number of Topliss-reactive ketones (excluding diaryl/α,β-unsaturated/α-hetero) is 1. The third kappa shape index (κ3) is 2.62. The lowest BCUT2D eigenvalue weighted by molar-refractivity contribution is -0.158. The predicted molar refractivity (Wildman–Crippen MR) is 79.4 cm³/mol. The standard InChI is InChI=1S/C16H28N2O2/c1-11-9-17(14(11)20)13-7-15(3,4)18(10-12(2)19)16(5,6)8-13/h11,13H,7-10H2,1-6H3. The Labute approximate surface area is 122 Å². The van der Waals surface area contributed by atoms with Crippen molar-refractivity contribution >= 4 is 11.7 Å². The Morgan fingerprint density at radius 3 is 2.05 bits per heavy atom. The van der Waals surface area contributed by atoms with E-state index in [0.29, 0.717) is 18.5 Å². The van der Waals surface area contributed by atoms with Crippen molar-refractivity contribution in [3.05, 3.63) is 0 Å². The monoisotopic (exact) mass is 280 g/mol.